The first-order valence-corrected chi connectivity index (χ1v) is 8.11. The molecule has 1 fully saturated rings. The lowest BCUT2D eigenvalue weighted by Crippen LogP contribution is -2.55. The molecule has 1 aliphatic rings. The summed E-state index contributed by atoms with van der Waals surface area (Å²) in [6.07, 6.45) is 5.72. The van der Waals surface area contributed by atoms with E-state index in [1.807, 2.05) is 0 Å². The van der Waals surface area contributed by atoms with Crippen LogP contribution in [-0.4, -0.2) is 40.3 Å². The van der Waals surface area contributed by atoms with E-state index in [2.05, 4.69) is 15.3 Å². The number of amides is 2. The Labute approximate surface area is 145 Å². The number of hydrogen-bond donors (Lipinski definition) is 1. The first-order chi connectivity index (χ1) is 12.1. The van der Waals surface area contributed by atoms with Crippen LogP contribution in [0.15, 0.2) is 42.9 Å². The largest absolute Gasteiger partial charge is 0.357 e. The van der Waals surface area contributed by atoms with Gasteiger partial charge in [-0.15, -0.1) is 0 Å². The van der Waals surface area contributed by atoms with Crippen LogP contribution in [-0.2, 0) is 21.5 Å². The molecular formula is C18H19FN4O2. The van der Waals surface area contributed by atoms with Crippen LogP contribution in [0, 0.1) is 5.82 Å². The lowest BCUT2D eigenvalue weighted by Gasteiger charge is -2.36. The summed E-state index contributed by atoms with van der Waals surface area (Å²) >= 11 is 0. The topological polar surface area (TPSA) is 75.2 Å². The van der Waals surface area contributed by atoms with E-state index in [1.165, 1.54) is 37.8 Å². The maximum absolute atomic E-state index is 13.4. The summed E-state index contributed by atoms with van der Waals surface area (Å²) in [5.74, 6) is -0.923. The van der Waals surface area contributed by atoms with Crippen LogP contribution in [0.2, 0.25) is 0 Å². The van der Waals surface area contributed by atoms with Crippen LogP contribution in [0.25, 0.3) is 0 Å². The molecule has 1 atom stereocenters. The number of benzene rings is 1. The van der Waals surface area contributed by atoms with Crippen LogP contribution in [0.1, 0.15) is 24.1 Å². The predicted molar refractivity (Wildman–Crippen MR) is 88.8 cm³/mol. The zero-order chi connectivity index (χ0) is 17.9. The fraction of sp³-hybridized carbons (Fsp3) is 0.333. The Morgan fingerprint density at radius 1 is 1.36 bits per heavy atom. The molecule has 130 valence electrons. The highest BCUT2D eigenvalue weighted by molar-refractivity contribution is 5.93. The van der Waals surface area contributed by atoms with Crippen LogP contribution in [0.5, 0.6) is 0 Å². The number of rotatable bonds is 4. The Hall–Kier alpha value is -2.83. The van der Waals surface area contributed by atoms with Crippen molar-refractivity contribution in [2.24, 2.45) is 0 Å². The van der Waals surface area contributed by atoms with E-state index in [1.54, 1.807) is 17.0 Å². The smallest absolute Gasteiger partial charge is 0.252 e. The molecule has 0 bridgehead atoms. The second-order valence-corrected chi connectivity index (χ2v) is 5.99. The van der Waals surface area contributed by atoms with Crippen LogP contribution in [0.3, 0.4) is 0 Å². The normalized spacial score (nSPS) is 19.7. The van der Waals surface area contributed by atoms with Gasteiger partial charge in [-0.2, -0.15) is 0 Å². The molecule has 0 spiro atoms. The molecule has 1 saturated heterocycles. The molecule has 1 aromatic carbocycles. The fourth-order valence-corrected chi connectivity index (χ4v) is 3.41. The number of halogens is 1. The average Bonchev–Trinajstić information content (AvgIpc) is 3.08. The van der Waals surface area contributed by atoms with Gasteiger partial charge in [0.15, 0.2) is 5.54 Å². The summed E-state index contributed by atoms with van der Waals surface area (Å²) < 4.78 is 13.4. The summed E-state index contributed by atoms with van der Waals surface area (Å²) in [7, 11) is 1.54. The summed E-state index contributed by atoms with van der Waals surface area (Å²) in [6.45, 7) is 0.443. The summed E-state index contributed by atoms with van der Waals surface area (Å²) in [4.78, 5) is 35.5. The van der Waals surface area contributed by atoms with Gasteiger partial charge in [-0.05, 0) is 30.5 Å². The molecule has 1 aliphatic heterocycles. The molecular weight excluding hydrogens is 323 g/mol. The number of hydrogen-bond acceptors (Lipinski definition) is 4. The van der Waals surface area contributed by atoms with E-state index in [-0.39, 0.29) is 18.2 Å². The molecule has 0 saturated carbocycles. The van der Waals surface area contributed by atoms with E-state index >= 15 is 0 Å². The summed E-state index contributed by atoms with van der Waals surface area (Å²) in [6, 6.07) is 5.92. The average molecular weight is 342 g/mol. The second kappa shape index (κ2) is 6.96. The Balaban J connectivity index is 1.95. The van der Waals surface area contributed by atoms with E-state index in [4.69, 9.17) is 0 Å². The molecule has 2 aromatic rings. The minimum atomic E-state index is -1.17. The summed E-state index contributed by atoms with van der Waals surface area (Å²) in [5, 5.41) is 2.64. The Kier molecular flexibility index (Phi) is 4.74. The zero-order valence-corrected chi connectivity index (χ0v) is 13.9. The SMILES string of the molecule is CNC(=O)[C@@]1(c2cnccn2)CCCN1C(=O)Cc1cccc(F)c1. The highest BCUT2D eigenvalue weighted by atomic mass is 19.1. The number of likely N-dealkylation sites (N-methyl/N-ethyl adjacent to an activating group) is 1. The molecule has 3 rings (SSSR count). The van der Waals surface area contributed by atoms with Crippen molar-refractivity contribution in [1.82, 2.24) is 20.2 Å². The Morgan fingerprint density at radius 3 is 2.88 bits per heavy atom. The van der Waals surface area contributed by atoms with Crippen molar-refractivity contribution in [2.45, 2.75) is 24.8 Å². The molecule has 2 amide bonds. The molecule has 2 heterocycles. The first kappa shape index (κ1) is 17.0. The number of aromatic nitrogens is 2. The second-order valence-electron chi connectivity index (χ2n) is 5.99. The van der Waals surface area contributed by atoms with E-state index in [0.717, 1.165) is 0 Å². The standard InChI is InChI=1S/C18H19FN4O2/c1-20-17(25)18(15-12-21-7-8-22-15)6-3-9-23(18)16(24)11-13-4-2-5-14(19)10-13/h2,4-5,7-8,10,12H,3,6,9,11H2,1H3,(H,20,25)/t18-/m0/s1. The highest BCUT2D eigenvalue weighted by Crippen LogP contribution is 2.38. The van der Waals surface area contributed by atoms with E-state index in [9.17, 15) is 14.0 Å². The minimum absolute atomic E-state index is 0.0246. The molecule has 0 unspecified atom stereocenters. The Morgan fingerprint density at radius 2 is 2.20 bits per heavy atom. The lowest BCUT2D eigenvalue weighted by atomic mass is 9.90. The highest BCUT2D eigenvalue weighted by Gasteiger charge is 2.51. The van der Waals surface area contributed by atoms with Gasteiger partial charge in [0, 0.05) is 26.0 Å². The summed E-state index contributed by atoms with van der Waals surface area (Å²) in [5.41, 5.74) is -0.158. The molecule has 1 aromatic heterocycles. The monoisotopic (exact) mass is 342 g/mol. The van der Waals surface area contributed by atoms with Crippen molar-refractivity contribution in [3.05, 3.63) is 59.9 Å². The van der Waals surface area contributed by atoms with Crippen molar-refractivity contribution < 1.29 is 14.0 Å². The quantitative estimate of drug-likeness (QED) is 0.912. The first-order valence-electron chi connectivity index (χ1n) is 8.11. The minimum Gasteiger partial charge on any atom is -0.357 e. The number of carbonyl (C=O) groups excluding carboxylic acids is 2. The fourth-order valence-electron chi connectivity index (χ4n) is 3.41. The number of nitrogens with one attached hydrogen (secondary N) is 1. The Bertz CT molecular complexity index is 784. The van der Waals surface area contributed by atoms with Crippen LogP contribution < -0.4 is 5.32 Å². The molecule has 0 aliphatic carbocycles. The number of carbonyl (C=O) groups is 2. The van der Waals surface area contributed by atoms with Crippen LogP contribution >= 0.6 is 0 Å². The van der Waals surface area contributed by atoms with Gasteiger partial charge in [-0.3, -0.25) is 19.6 Å². The van der Waals surface area contributed by atoms with Crippen molar-refractivity contribution >= 4 is 11.8 Å². The zero-order valence-electron chi connectivity index (χ0n) is 13.9. The van der Waals surface area contributed by atoms with Crippen molar-refractivity contribution in [2.75, 3.05) is 13.6 Å². The molecule has 1 N–H and O–H groups in total. The third kappa shape index (κ3) is 3.09. The third-order valence-electron chi connectivity index (χ3n) is 4.52. The predicted octanol–water partition coefficient (Wildman–Crippen LogP) is 1.42. The van der Waals surface area contributed by atoms with Crippen molar-refractivity contribution in [1.29, 1.82) is 0 Å². The van der Waals surface area contributed by atoms with Crippen molar-refractivity contribution in [3.8, 4) is 0 Å². The van der Waals surface area contributed by atoms with Gasteiger partial charge < -0.3 is 10.2 Å². The maximum Gasteiger partial charge on any atom is 0.252 e. The molecule has 6 nitrogen and oxygen atoms in total. The van der Waals surface area contributed by atoms with Crippen molar-refractivity contribution in [3.63, 3.8) is 0 Å². The lowest BCUT2D eigenvalue weighted by molar-refractivity contribution is -0.145. The number of nitrogens with zero attached hydrogens (tertiary/aromatic N) is 3. The van der Waals surface area contributed by atoms with Gasteiger partial charge in [-0.25, -0.2) is 4.39 Å². The van der Waals surface area contributed by atoms with Gasteiger partial charge in [0.1, 0.15) is 5.82 Å². The molecule has 25 heavy (non-hydrogen) atoms. The van der Waals surface area contributed by atoms with Gasteiger partial charge in [0.2, 0.25) is 5.91 Å². The van der Waals surface area contributed by atoms with Gasteiger partial charge in [0.05, 0.1) is 18.3 Å². The van der Waals surface area contributed by atoms with E-state index < -0.39 is 11.4 Å². The maximum atomic E-state index is 13.4. The number of likely N-dealkylation sites (tertiary alicyclic amines) is 1. The van der Waals surface area contributed by atoms with Gasteiger partial charge in [0.25, 0.3) is 5.91 Å². The molecule has 7 heteroatoms. The van der Waals surface area contributed by atoms with Gasteiger partial charge >= 0.3 is 0 Å². The van der Waals surface area contributed by atoms with E-state index in [0.29, 0.717) is 30.6 Å². The van der Waals surface area contributed by atoms with Gasteiger partial charge in [-0.1, -0.05) is 12.1 Å². The molecule has 0 radical (unpaired) electrons. The van der Waals surface area contributed by atoms with Crippen LogP contribution in [0.4, 0.5) is 4.39 Å². The third-order valence-corrected chi connectivity index (χ3v) is 4.52.